The van der Waals surface area contributed by atoms with Crippen molar-refractivity contribution in [2.24, 2.45) is 0 Å². The van der Waals surface area contributed by atoms with Crippen LogP contribution in [-0.2, 0) is 0 Å². The smallest absolute Gasteiger partial charge is 0.238 e. The third-order valence-corrected chi connectivity index (χ3v) is 9.47. The lowest BCUT2D eigenvalue weighted by molar-refractivity contribution is 0.669. The first-order chi connectivity index (χ1) is 24.8. The van der Waals surface area contributed by atoms with Gasteiger partial charge in [-0.05, 0) is 58.7 Å². The molecule has 3 heterocycles. The lowest BCUT2D eigenvalue weighted by atomic mass is 9.97. The van der Waals surface area contributed by atoms with Crippen LogP contribution in [0.25, 0.3) is 94.7 Å². The second-order valence-corrected chi connectivity index (χ2v) is 12.5. The van der Waals surface area contributed by atoms with Crippen molar-refractivity contribution in [3.8, 4) is 51.0 Å². The van der Waals surface area contributed by atoms with Crippen LogP contribution in [0.4, 0.5) is 0 Å². The number of fused-ring (bicyclic) bond motifs is 6. The first-order valence-corrected chi connectivity index (χ1v) is 16.7. The second kappa shape index (κ2) is 11.4. The molecule has 0 aliphatic rings. The van der Waals surface area contributed by atoms with Crippen LogP contribution in [0, 0.1) is 0 Å². The van der Waals surface area contributed by atoms with Crippen LogP contribution < -0.4 is 0 Å². The summed E-state index contributed by atoms with van der Waals surface area (Å²) < 4.78 is 8.60. The molecular weight excluding hydrogens is 613 g/mol. The van der Waals surface area contributed by atoms with E-state index in [9.17, 15) is 0 Å². The molecule has 3 aromatic heterocycles. The van der Waals surface area contributed by atoms with Crippen molar-refractivity contribution < 1.29 is 4.42 Å². The van der Waals surface area contributed by atoms with Crippen LogP contribution in [0.2, 0.25) is 0 Å². The average Bonchev–Trinajstić information content (AvgIpc) is 3.74. The quantitative estimate of drug-likeness (QED) is 0.188. The molecule has 5 nitrogen and oxygen atoms in total. The molecule has 0 saturated carbocycles. The molecule has 0 aliphatic carbocycles. The highest BCUT2D eigenvalue weighted by Crippen LogP contribution is 2.39. The Labute approximate surface area is 287 Å². The Morgan fingerprint density at radius 1 is 0.380 bits per heavy atom. The van der Waals surface area contributed by atoms with Gasteiger partial charge in [0.15, 0.2) is 11.6 Å². The molecule has 7 aromatic carbocycles. The van der Waals surface area contributed by atoms with Gasteiger partial charge in [-0.15, -0.1) is 0 Å². The first-order valence-electron chi connectivity index (χ1n) is 16.7. The first kappa shape index (κ1) is 28.2. The van der Waals surface area contributed by atoms with Crippen molar-refractivity contribution in [2.45, 2.75) is 0 Å². The number of benzene rings is 7. The maximum absolute atomic E-state index is 6.45. The minimum absolute atomic E-state index is 0.564. The van der Waals surface area contributed by atoms with Gasteiger partial charge in [-0.3, -0.25) is 4.57 Å². The summed E-state index contributed by atoms with van der Waals surface area (Å²) in [6.07, 6.45) is 0. The Morgan fingerprint density at radius 2 is 0.960 bits per heavy atom. The van der Waals surface area contributed by atoms with Crippen molar-refractivity contribution >= 4 is 43.7 Å². The molecule has 0 N–H and O–H groups in total. The fraction of sp³-hybridized carbons (Fsp3) is 0. The fourth-order valence-corrected chi connectivity index (χ4v) is 7.14. The molecule has 234 valence electrons. The van der Waals surface area contributed by atoms with E-state index in [4.69, 9.17) is 19.4 Å². The standard InChI is InChI=1S/C45H28N4O/c1-3-13-29(14-4-1)31-17-11-18-32(27-31)33-25-26-40-37(28-33)42-36(21-12-24-41(42)50-40)44-46-43(30-15-5-2-6-16-30)47-45(48-44)49-38-22-9-7-19-34(38)35-20-8-10-23-39(35)49/h1-28H. The zero-order valence-electron chi connectivity index (χ0n) is 26.9. The van der Waals surface area contributed by atoms with Crippen LogP contribution in [0.15, 0.2) is 174 Å². The Morgan fingerprint density at radius 3 is 1.70 bits per heavy atom. The lowest BCUT2D eigenvalue weighted by Crippen LogP contribution is -2.06. The van der Waals surface area contributed by atoms with Crippen molar-refractivity contribution in [1.29, 1.82) is 0 Å². The number of nitrogens with zero attached hydrogens (tertiary/aromatic N) is 4. The van der Waals surface area contributed by atoms with Gasteiger partial charge in [0, 0.05) is 32.7 Å². The highest BCUT2D eigenvalue weighted by molar-refractivity contribution is 6.13. The molecule has 0 saturated heterocycles. The number of para-hydroxylation sites is 2. The maximum atomic E-state index is 6.45. The van der Waals surface area contributed by atoms with Crippen molar-refractivity contribution in [3.05, 3.63) is 170 Å². The SMILES string of the molecule is c1ccc(-c2cccc(-c3ccc4oc5cccc(-c6nc(-c7ccccc7)nc(-n7c8ccccc8c8ccccc87)n6)c5c4c3)c2)cc1. The number of hydrogen-bond donors (Lipinski definition) is 0. The largest absolute Gasteiger partial charge is 0.456 e. The van der Waals surface area contributed by atoms with E-state index in [1.807, 2.05) is 48.5 Å². The van der Waals surface area contributed by atoms with Gasteiger partial charge in [-0.1, -0.05) is 133 Å². The van der Waals surface area contributed by atoms with Crippen LogP contribution in [0.1, 0.15) is 0 Å². The van der Waals surface area contributed by atoms with Gasteiger partial charge in [0.2, 0.25) is 5.95 Å². The van der Waals surface area contributed by atoms with E-state index >= 15 is 0 Å². The summed E-state index contributed by atoms with van der Waals surface area (Å²) in [4.78, 5) is 15.5. The molecule has 0 atom stereocenters. The predicted molar refractivity (Wildman–Crippen MR) is 203 cm³/mol. The Balaban J connectivity index is 1.21. The molecular formula is C45H28N4O. The van der Waals surface area contributed by atoms with E-state index in [1.165, 1.54) is 11.1 Å². The summed E-state index contributed by atoms with van der Waals surface area (Å²) in [6.45, 7) is 0. The van der Waals surface area contributed by atoms with Crippen LogP contribution in [0.3, 0.4) is 0 Å². The Hall–Kier alpha value is -6.85. The van der Waals surface area contributed by atoms with E-state index < -0.39 is 0 Å². The topological polar surface area (TPSA) is 56.7 Å². The van der Waals surface area contributed by atoms with Gasteiger partial charge in [-0.2, -0.15) is 9.97 Å². The number of rotatable bonds is 5. The summed E-state index contributed by atoms with van der Waals surface area (Å²) >= 11 is 0. The van der Waals surface area contributed by atoms with Crippen molar-refractivity contribution in [3.63, 3.8) is 0 Å². The molecule has 0 radical (unpaired) electrons. The predicted octanol–water partition coefficient (Wildman–Crippen LogP) is 11.5. The van der Waals surface area contributed by atoms with Gasteiger partial charge in [0.1, 0.15) is 11.2 Å². The zero-order chi connectivity index (χ0) is 33.0. The number of aromatic nitrogens is 4. The van der Waals surface area contributed by atoms with E-state index in [-0.39, 0.29) is 0 Å². The Bertz CT molecular complexity index is 2820. The number of furan rings is 1. The maximum Gasteiger partial charge on any atom is 0.238 e. The third-order valence-electron chi connectivity index (χ3n) is 9.47. The molecule has 0 spiro atoms. The molecule has 0 aliphatic heterocycles. The van der Waals surface area contributed by atoms with E-state index in [2.05, 4.69) is 126 Å². The molecule has 10 rings (SSSR count). The van der Waals surface area contributed by atoms with Crippen molar-refractivity contribution in [1.82, 2.24) is 19.5 Å². The summed E-state index contributed by atoms with van der Waals surface area (Å²) in [7, 11) is 0. The highest BCUT2D eigenvalue weighted by Gasteiger charge is 2.20. The highest BCUT2D eigenvalue weighted by atomic mass is 16.3. The molecule has 0 bridgehead atoms. The fourth-order valence-electron chi connectivity index (χ4n) is 7.14. The molecule has 0 amide bonds. The van der Waals surface area contributed by atoms with Gasteiger partial charge < -0.3 is 4.42 Å². The summed E-state index contributed by atoms with van der Waals surface area (Å²) in [5.41, 5.74) is 10.1. The van der Waals surface area contributed by atoms with Crippen LogP contribution in [0.5, 0.6) is 0 Å². The Kier molecular flexibility index (Phi) is 6.42. The number of hydrogen-bond acceptors (Lipinski definition) is 4. The molecule has 0 unspecified atom stereocenters. The third kappa shape index (κ3) is 4.60. The van der Waals surface area contributed by atoms with Gasteiger partial charge in [0.05, 0.1) is 11.0 Å². The minimum atomic E-state index is 0.564. The second-order valence-electron chi connectivity index (χ2n) is 12.5. The van der Waals surface area contributed by atoms with E-state index in [0.717, 1.165) is 66.0 Å². The molecule has 10 aromatic rings. The minimum Gasteiger partial charge on any atom is -0.456 e. The lowest BCUT2D eigenvalue weighted by Gasteiger charge is -2.11. The summed E-state index contributed by atoms with van der Waals surface area (Å²) in [5, 5.41) is 4.29. The molecule has 0 fully saturated rings. The molecule has 5 heteroatoms. The van der Waals surface area contributed by atoms with Crippen LogP contribution >= 0.6 is 0 Å². The zero-order valence-corrected chi connectivity index (χ0v) is 26.9. The summed E-state index contributed by atoms with van der Waals surface area (Å²) in [6, 6.07) is 58.6. The van der Waals surface area contributed by atoms with Crippen LogP contribution in [-0.4, -0.2) is 19.5 Å². The normalized spacial score (nSPS) is 11.6. The van der Waals surface area contributed by atoms with Gasteiger partial charge >= 0.3 is 0 Å². The monoisotopic (exact) mass is 640 g/mol. The molecule has 50 heavy (non-hydrogen) atoms. The van der Waals surface area contributed by atoms with Gasteiger partial charge in [-0.25, -0.2) is 4.98 Å². The average molecular weight is 641 g/mol. The van der Waals surface area contributed by atoms with E-state index in [1.54, 1.807) is 0 Å². The van der Waals surface area contributed by atoms with Crippen molar-refractivity contribution in [2.75, 3.05) is 0 Å². The summed E-state index contributed by atoms with van der Waals surface area (Å²) in [5.74, 6) is 1.76. The van der Waals surface area contributed by atoms with E-state index in [0.29, 0.717) is 17.6 Å². The van der Waals surface area contributed by atoms with Gasteiger partial charge in [0.25, 0.3) is 0 Å².